The van der Waals surface area contributed by atoms with E-state index in [1.807, 2.05) is 6.07 Å². The van der Waals surface area contributed by atoms with E-state index in [9.17, 15) is 5.26 Å². The van der Waals surface area contributed by atoms with Crippen LogP contribution in [0, 0.1) is 17.2 Å². The predicted molar refractivity (Wildman–Crippen MR) is 68.5 cm³/mol. The Morgan fingerprint density at radius 1 is 1.39 bits per heavy atom. The first-order chi connectivity index (χ1) is 8.66. The van der Waals surface area contributed by atoms with Crippen molar-refractivity contribution in [3.05, 3.63) is 23.4 Å². The van der Waals surface area contributed by atoms with Crippen LogP contribution >= 0.6 is 0 Å². The molecule has 0 bridgehead atoms. The molecule has 1 heterocycles. The maximum Gasteiger partial charge on any atom is 0.213 e. The lowest BCUT2D eigenvalue weighted by molar-refractivity contribution is 0.216. The van der Waals surface area contributed by atoms with Crippen molar-refractivity contribution < 1.29 is 4.74 Å². The normalized spacial score (nSPS) is 30.4. The second kappa shape index (κ2) is 3.98. The van der Waals surface area contributed by atoms with Crippen molar-refractivity contribution >= 4 is 0 Å². The molecular formula is C15H18N2O. The van der Waals surface area contributed by atoms with Gasteiger partial charge in [-0.3, -0.25) is 0 Å². The molecule has 0 aromatic carbocycles. The number of ether oxygens (including phenoxy) is 1. The van der Waals surface area contributed by atoms with Gasteiger partial charge >= 0.3 is 0 Å². The van der Waals surface area contributed by atoms with Crippen LogP contribution in [0.3, 0.4) is 0 Å². The number of aromatic nitrogens is 1. The van der Waals surface area contributed by atoms with Crippen molar-refractivity contribution in [2.45, 2.75) is 43.9 Å². The summed E-state index contributed by atoms with van der Waals surface area (Å²) in [6.45, 7) is 2.20. The Hall–Kier alpha value is -1.56. The Morgan fingerprint density at radius 3 is 2.61 bits per heavy atom. The van der Waals surface area contributed by atoms with Gasteiger partial charge in [0.15, 0.2) is 0 Å². The van der Waals surface area contributed by atoms with Gasteiger partial charge in [0.25, 0.3) is 0 Å². The third kappa shape index (κ3) is 1.77. The van der Waals surface area contributed by atoms with Gasteiger partial charge in [0.05, 0.1) is 18.6 Å². The highest BCUT2D eigenvalue weighted by Gasteiger charge is 2.44. The third-order valence-corrected chi connectivity index (χ3v) is 4.19. The molecular weight excluding hydrogens is 224 g/mol. The van der Waals surface area contributed by atoms with Gasteiger partial charge < -0.3 is 4.74 Å². The minimum absolute atomic E-state index is 0.292. The molecule has 0 atom stereocenters. The number of pyridine rings is 1. The number of hydrogen-bond acceptors (Lipinski definition) is 3. The number of methoxy groups -OCH3 is 1. The zero-order valence-corrected chi connectivity index (χ0v) is 10.9. The summed E-state index contributed by atoms with van der Waals surface area (Å²) in [5.74, 6) is 1.89. The van der Waals surface area contributed by atoms with Gasteiger partial charge in [-0.25, -0.2) is 4.98 Å². The molecule has 3 heteroatoms. The van der Waals surface area contributed by atoms with E-state index in [0.29, 0.717) is 17.7 Å². The van der Waals surface area contributed by atoms with Gasteiger partial charge in [-0.1, -0.05) is 6.92 Å². The molecule has 0 unspecified atom stereocenters. The van der Waals surface area contributed by atoms with Gasteiger partial charge in [0.1, 0.15) is 0 Å². The number of nitrogens with zero attached hydrogens (tertiary/aromatic N) is 2. The molecule has 2 aliphatic carbocycles. The zero-order chi connectivity index (χ0) is 12.8. The van der Waals surface area contributed by atoms with Crippen LogP contribution in [0.4, 0.5) is 0 Å². The fraction of sp³-hybridized carbons (Fsp3) is 0.600. The number of hydrogen-bond donors (Lipinski definition) is 0. The third-order valence-electron chi connectivity index (χ3n) is 4.19. The molecule has 1 aromatic rings. The molecule has 1 aromatic heterocycles. The van der Waals surface area contributed by atoms with E-state index in [2.05, 4.69) is 24.0 Å². The van der Waals surface area contributed by atoms with Crippen LogP contribution in [0.1, 0.15) is 49.8 Å². The van der Waals surface area contributed by atoms with E-state index < -0.39 is 0 Å². The van der Waals surface area contributed by atoms with E-state index in [0.717, 1.165) is 24.1 Å². The highest BCUT2D eigenvalue weighted by atomic mass is 16.5. The summed E-state index contributed by atoms with van der Waals surface area (Å²) in [6, 6.07) is 6.60. The average molecular weight is 242 g/mol. The van der Waals surface area contributed by atoms with Gasteiger partial charge in [0.2, 0.25) is 5.88 Å². The summed E-state index contributed by atoms with van der Waals surface area (Å²) in [6.07, 6.45) is 4.35. The lowest BCUT2D eigenvalue weighted by Crippen LogP contribution is -2.38. The zero-order valence-electron chi connectivity index (χ0n) is 10.9. The van der Waals surface area contributed by atoms with Crippen molar-refractivity contribution in [1.29, 1.82) is 5.26 Å². The minimum atomic E-state index is -0.292. The monoisotopic (exact) mass is 242 g/mol. The van der Waals surface area contributed by atoms with Crippen molar-refractivity contribution in [3.63, 3.8) is 0 Å². The molecule has 0 spiro atoms. The van der Waals surface area contributed by atoms with E-state index in [1.54, 1.807) is 7.11 Å². The van der Waals surface area contributed by atoms with Crippen LogP contribution in [0.5, 0.6) is 5.88 Å². The fourth-order valence-electron chi connectivity index (χ4n) is 3.02. The second-order valence-corrected chi connectivity index (χ2v) is 5.80. The maximum absolute atomic E-state index is 9.51. The molecule has 0 radical (unpaired) electrons. The highest BCUT2D eigenvalue weighted by molar-refractivity contribution is 5.40. The average Bonchev–Trinajstić information content (AvgIpc) is 3.18. The minimum Gasteiger partial charge on any atom is -0.481 e. The van der Waals surface area contributed by atoms with Gasteiger partial charge in [-0.15, -0.1) is 0 Å². The number of rotatable bonds is 3. The molecule has 0 N–H and O–H groups in total. The van der Waals surface area contributed by atoms with Crippen LogP contribution in [0.15, 0.2) is 12.1 Å². The highest BCUT2D eigenvalue weighted by Crippen LogP contribution is 2.49. The molecule has 94 valence electrons. The summed E-state index contributed by atoms with van der Waals surface area (Å²) in [7, 11) is 1.64. The lowest BCUT2D eigenvalue weighted by Gasteiger charge is -2.41. The molecule has 2 aliphatic rings. The summed E-state index contributed by atoms with van der Waals surface area (Å²) < 4.78 is 5.29. The van der Waals surface area contributed by atoms with Crippen molar-refractivity contribution in [2.24, 2.45) is 5.92 Å². The Kier molecular flexibility index (Phi) is 2.55. The predicted octanol–water partition coefficient (Wildman–Crippen LogP) is 3.16. The number of nitriles is 1. The van der Waals surface area contributed by atoms with E-state index in [4.69, 9.17) is 4.74 Å². The first-order valence-corrected chi connectivity index (χ1v) is 6.64. The van der Waals surface area contributed by atoms with Crippen LogP contribution < -0.4 is 4.74 Å². The smallest absolute Gasteiger partial charge is 0.213 e. The van der Waals surface area contributed by atoms with Crippen molar-refractivity contribution in [3.8, 4) is 11.9 Å². The van der Waals surface area contributed by atoms with Crippen LogP contribution in [-0.2, 0) is 5.41 Å². The molecule has 18 heavy (non-hydrogen) atoms. The molecule has 2 saturated carbocycles. The van der Waals surface area contributed by atoms with Crippen molar-refractivity contribution in [2.75, 3.05) is 7.11 Å². The molecule has 0 amide bonds. The fourth-order valence-corrected chi connectivity index (χ4v) is 3.02. The summed E-state index contributed by atoms with van der Waals surface area (Å²) in [4.78, 5) is 4.51. The topological polar surface area (TPSA) is 45.9 Å². The molecule has 3 nitrogen and oxygen atoms in total. The summed E-state index contributed by atoms with van der Waals surface area (Å²) >= 11 is 0. The Labute approximate surface area is 108 Å². The van der Waals surface area contributed by atoms with Gasteiger partial charge in [-0.2, -0.15) is 5.26 Å². The van der Waals surface area contributed by atoms with Crippen LogP contribution in [0.25, 0.3) is 0 Å². The SMILES string of the molecule is COc1cc(C2(C#N)CC(C)C2)cc(C2CC2)n1. The largest absolute Gasteiger partial charge is 0.481 e. The van der Waals surface area contributed by atoms with Crippen LogP contribution in [0.2, 0.25) is 0 Å². The summed E-state index contributed by atoms with van der Waals surface area (Å²) in [5, 5.41) is 9.51. The van der Waals surface area contributed by atoms with Crippen LogP contribution in [-0.4, -0.2) is 12.1 Å². The van der Waals surface area contributed by atoms with E-state index in [-0.39, 0.29) is 5.41 Å². The van der Waals surface area contributed by atoms with Crippen molar-refractivity contribution in [1.82, 2.24) is 4.98 Å². The van der Waals surface area contributed by atoms with Gasteiger partial charge in [-0.05, 0) is 43.2 Å². The molecule has 0 saturated heterocycles. The molecule has 2 fully saturated rings. The lowest BCUT2D eigenvalue weighted by atomic mass is 9.60. The standard InChI is InChI=1S/C15H18N2O/c1-10-7-15(8-10,9-16)12-5-13(11-3-4-11)17-14(6-12)18-2/h5-6,10-11H,3-4,7-8H2,1-2H3. The maximum atomic E-state index is 9.51. The van der Waals surface area contributed by atoms with E-state index in [1.165, 1.54) is 12.8 Å². The second-order valence-electron chi connectivity index (χ2n) is 5.80. The first-order valence-electron chi connectivity index (χ1n) is 6.64. The Morgan fingerprint density at radius 2 is 2.11 bits per heavy atom. The Bertz CT molecular complexity index is 508. The Balaban J connectivity index is 2.00. The summed E-state index contributed by atoms with van der Waals surface area (Å²) in [5.41, 5.74) is 1.93. The molecule has 3 rings (SSSR count). The van der Waals surface area contributed by atoms with E-state index >= 15 is 0 Å². The van der Waals surface area contributed by atoms with Gasteiger partial charge in [0, 0.05) is 17.7 Å². The first kappa shape index (κ1) is 11.5. The molecule has 0 aliphatic heterocycles. The quantitative estimate of drug-likeness (QED) is 0.818.